The number of sulfone groups is 1. The summed E-state index contributed by atoms with van der Waals surface area (Å²) in [5, 5.41) is 5.25. The third-order valence-electron chi connectivity index (χ3n) is 3.81. The number of fused-ring (bicyclic) bond motifs is 1. The van der Waals surface area contributed by atoms with E-state index in [1.807, 2.05) is 0 Å². The maximum Gasteiger partial charge on any atom is 0.319 e. The normalized spacial score (nSPS) is 18.1. The van der Waals surface area contributed by atoms with Crippen molar-refractivity contribution in [2.75, 3.05) is 24.9 Å². The van der Waals surface area contributed by atoms with E-state index >= 15 is 0 Å². The molecule has 0 spiro atoms. The molecule has 1 aromatic rings. The number of carbonyl (C=O) groups is 1. The van der Waals surface area contributed by atoms with E-state index in [1.165, 1.54) is 6.26 Å². The molecule has 2 N–H and O–H groups in total. The highest BCUT2D eigenvalue weighted by molar-refractivity contribution is 7.92. The third kappa shape index (κ3) is 2.63. The molecule has 1 aliphatic heterocycles. The maximum absolute atomic E-state index is 11.9. The number of amides is 2. The Morgan fingerprint density at radius 3 is 2.76 bits per heavy atom. The van der Waals surface area contributed by atoms with Crippen LogP contribution in [0.5, 0.6) is 11.5 Å². The van der Waals surface area contributed by atoms with Gasteiger partial charge in [-0.05, 0) is 25.0 Å². The van der Waals surface area contributed by atoms with E-state index in [1.54, 1.807) is 18.2 Å². The quantitative estimate of drug-likeness (QED) is 0.869. The van der Waals surface area contributed by atoms with E-state index in [0.29, 0.717) is 30.0 Å². The van der Waals surface area contributed by atoms with Gasteiger partial charge in [-0.25, -0.2) is 13.2 Å². The highest BCUT2D eigenvalue weighted by atomic mass is 32.2. The van der Waals surface area contributed by atoms with E-state index in [4.69, 9.17) is 9.47 Å². The van der Waals surface area contributed by atoms with E-state index in [2.05, 4.69) is 10.6 Å². The van der Waals surface area contributed by atoms with Crippen LogP contribution in [0.3, 0.4) is 0 Å². The SMILES string of the molecule is CS(=O)(=O)C1(CNC(=O)Nc2cccc3c2OCO3)CC1. The molecule has 1 aliphatic carbocycles. The Labute approximate surface area is 122 Å². The molecule has 2 amide bonds. The molecule has 0 saturated heterocycles. The van der Waals surface area contributed by atoms with Gasteiger partial charge >= 0.3 is 6.03 Å². The lowest BCUT2D eigenvalue weighted by molar-refractivity contribution is 0.174. The number of hydrogen-bond acceptors (Lipinski definition) is 5. The number of hydrogen-bond donors (Lipinski definition) is 2. The molecule has 0 aromatic heterocycles. The molecule has 1 fully saturated rings. The predicted molar refractivity (Wildman–Crippen MR) is 76.4 cm³/mol. The molecule has 1 saturated carbocycles. The van der Waals surface area contributed by atoms with Crippen molar-refractivity contribution in [2.24, 2.45) is 0 Å². The van der Waals surface area contributed by atoms with E-state index in [-0.39, 0.29) is 13.3 Å². The van der Waals surface area contributed by atoms with Crippen LogP contribution in [-0.2, 0) is 9.84 Å². The summed E-state index contributed by atoms with van der Waals surface area (Å²) in [6.07, 6.45) is 2.38. The minimum absolute atomic E-state index is 0.115. The van der Waals surface area contributed by atoms with Crippen LogP contribution in [0.15, 0.2) is 18.2 Å². The summed E-state index contributed by atoms with van der Waals surface area (Å²) in [5.41, 5.74) is 0.492. The van der Waals surface area contributed by atoms with Crippen molar-refractivity contribution in [2.45, 2.75) is 17.6 Å². The lowest BCUT2D eigenvalue weighted by Crippen LogP contribution is -2.40. The molecule has 3 rings (SSSR count). The van der Waals surface area contributed by atoms with Crippen LogP contribution < -0.4 is 20.1 Å². The molecule has 0 bridgehead atoms. The summed E-state index contributed by atoms with van der Waals surface area (Å²) < 4.78 is 33.0. The molecule has 0 radical (unpaired) electrons. The smallest absolute Gasteiger partial charge is 0.319 e. The molecule has 2 aliphatic rings. The Bertz CT molecular complexity index is 682. The second kappa shape index (κ2) is 4.80. The second-order valence-electron chi connectivity index (χ2n) is 5.30. The van der Waals surface area contributed by atoms with Crippen LogP contribution in [-0.4, -0.2) is 38.8 Å². The molecule has 0 atom stereocenters. The average molecular weight is 312 g/mol. The number of ether oxygens (including phenoxy) is 2. The molecule has 0 unspecified atom stereocenters. The first-order valence-corrected chi connectivity index (χ1v) is 8.44. The number of urea groups is 1. The highest BCUT2D eigenvalue weighted by Crippen LogP contribution is 2.42. The molecule has 8 heteroatoms. The summed E-state index contributed by atoms with van der Waals surface area (Å²) in [4.78, 5) is 11.9. The first-order valence-electron chi connectivity index (χ1n) is 6.54. The second-order valence-corrected chi connectivity index (χ2v) is 7.71. The van der Waals surface area contributed by atoms with Crippen molar-refractivity contribution in [1.29, 1.82) is 0 Å². The standard InChI is InChI=1S/C13H16N2O5S/c1-21(17,18)13(5-6-13)7-14-12(16)15-9-3-2-4-10-11(9)20-8-19-10/h2-4H,5-8H2,1H3,(H2,14,15,16). The number of nitrogens with one attached hydrogen (secondary N) is 2. The van der Waals surface area contributed by atoms with Crippen LogP contribution in [0.25, 0.3) is 0 Å². The van der Waals surface area contributed by atoms with Crippen LogP contribution in [0, 0.1) is 0 Å². The van der Waals surface area contributed by atoms with Gasteiger partial charge in [-0.3, -0.25) is 0 Å². The first-order chi connectivity index (χ1) is 9.91. The van der Waals surface area contributed by atoms with Crippen molar-refractivity contribution < 1.29 is 22.7 Å². The number of para-hydroxylation sites is 1. The van der Waals surface area contributed by atoms with Gasteiger partial charge in [0.25, 0.3) is 0 Å². The first kappa shape index (κ1) is 14.0. The van der Waals surface area contributed by atoms with Gasteiger partial charge in [0.2, 0.25) is 6.79 Å². The van der Waals surface area contributed by atoms with Crippen LogP contribution in [0.4, 0.5) is 10.5 Å². The number of rotatable bonds is 4. The molecule has 114 valence electrons. The molecule has 1 aromatic carbocycles. The van der Waals surface area contributed by atoms with Gasteiger partial charge in [-0.2, -0.15) is 0 Å². The number of benzene rings is 1. The van der Waals surface area contributed by atoms with Crippen molar-refractivity contribution >= 4 is 21.6 Å². The third-order valence-corrected chi connectivity index (χ3v) is 5.94. The zero-order chi connectivity index (χ0) is 15.1. The summed E-state index contributed by atoms with van der Waals surface area (Å²) in [7, 11) is -3.16. The van der Waals surface area contributed by atoms with Gasteiger partial charge in [0, 0.05) is 12.8 Å². The van der Waals surface area contributed by atoms with Crippen molar-refractivity contribution in [3.05, 3.63) is 18.2 Å². The van der Waals surface area contributed by atoms with Gasteiger partial charge in [0.1, 0.15) is 0 Å². The summed E-state index contributed by atoms with van der Waals surface area (Å²) in [6, 6.07) is 4.71. The van der Waals surface area contributed by atoms with Crippen molar-refractivity contribution in [1.82, 2.24) is 5.32 Å². The zero-order valence-corrected chi connectivity index (χ0v) is 12.3. The molecular weight excluding hydrogens is 296 g/mol. The Balaban J connectivity index is 1.62. The fourth-order valence-corrected chi connectivity index (χ4v) is 3.43. The molecule has 21 heavy (non-hydrogen) atoms. The maximum atomic E-state index is 11.9. The Kier molecular flexibility index (Phi) is 3.20. The monoisotopic (exact) mass is 312 g/mol. The number of carbonyl (C=O) groups excluding carboxylic acids is 1. The summed E-state index contributed by atoms with van der Waals surface area (Å²) >= 11 is 0. The van der Waals surface area contributed by atoms with Gasteiger partial charge in [0.15, 0.2) is 21.3 Å². The lowest BCUT2D eigenvalue weighted by atomic mass is 10.2. The van der Waals surface area contributed by atoms with Crippen LogP contribution in [0.2, 0.25) is 0 Å². The minimum atomic E-state index is -3.16. The van der Waals surface area contributed by atoms with Crippen molar-refractivity contribution in [3.63, 3.8) is 0 Å². The lowest BCUT2D eigenvalue weighted by Gasteiger charge is -2.15. The summed E-state index contributed by atoms with van der Waals surface area (Å²) in [6.45, 7) is 0.233. The van der Waals surface area contributed by atoms with Gasteiger partial charge in [-0.15, -0.1) is 0 Å². The minimum Gasteiger partial charge on any atom is -0.454 e. The van der Waals surface area contributed by atoms with Crippen LogP contribution in [0.1, 0.15) is 12.8 Å². The van der Waals surface area contributed by atoms with Gasteiger partial charge in [-0.1, -0.05) is 6.07 Å². The highest BCUT2D eigenvalue weighted by Gasteiger charge is 2.52. The van der Waals surface area contributed by atoms with Crippen LogP contribution >= 0.6 is 0 Å². The predicted octanol–water partition coefficient (Wildman–Crippen LogP) is 1.11. The Morgan fingerprint density at radius 1 is 1.33 bits per heavy atom. The average Bonchev–Trinajstić information content (AvgIpc) is 3.07. The number of anilines is 1. The molecular formula is C13H16N2O5S. The Hall–Kier alpha value is -1.96. The Morgan fingerprint density at radius 2 is 2.10 bits per heavy atom. The van der Waals surface area contributed by atoms with Gasteiger partial charge in [0.05, 0.1) is 10.4 Å². The molecule has 7 nitrogen and oxygen atoms in total. The van der Waals surface area contributed by atoms with E-state index < -0.39 is 20.6 Å². The largest absolute Gasteiger partial charge is 0.454 e. The fourth-order valence-electron chi connectivity index (χ4n) is 2.25. The fraction of sp³-hybridized carbons (Fsp3) is 0.462. The topological polar surface area (TPSA) is 93.7 Å². The summed E-state index contributed by atoms with van der Waals surface area (Å²) in [5.74, 6) is 1.06. The van der Waals surface area contributed by atoms with E-state index in [9.17, 15) is 13.2 Å². The zero-order valence-electron chi connectivity index (χ0n) is 11.5. The van der Waals surface area contributed by atoms with Gasteiger partial charge < -0.3 is 20.1 Å². The molecule has 1 heterocycles. The van der Waals surface area contributed by atoms with E-state index in [0.717, 1.165) is 0 Å². The van der Waals surface area contributed by atoms with Crippen molar-refractivity contribution in [3.8, 4) is 11.5 Å².